The number of halogens is 1. The minimum Gasteiger partial charge on any atom is -0.357 e. The maximum Gasteiger partial charge on any atom is 0.215 e. The van der Waals surface area contributed by atoms with E-state index < -0.39 is 10.0 Å². The van der Waals surface area contributed by atoms with Gasteiger partial charge in [0.25, 0.3) is 0 Å². The van der Waals surface area contributed by atoms with Crippen molar-refractivity contribution in [2.75, 3.05) is 27.2 Å². The summed E-state index contributed by atoms with van der Waals surface area (Å²) in [5.41, 5.74) is 1.82. The fourth-order valence-electron chi connectivity index (χ4n) is 2.17. The second-order valence-electron chi connectivity index (χ2n) is 5.72. The van der Waals surface area contributed by atoms with E-state index >= 15 is 0 Å². The van der Waals surface area contributed by atoms with Crippen molar-refractivity contribution in [3.8, 4) is 0 Å². The van der Waals surface area contributed by atoms with Crippen LogP contribution in [0.3, 0.4) is 0 Å². The largest absolute Gasteiger partial charge is 0.357 e. The lowest BCUT2D eigenvalue weighted by atomic mass is 10.1. The molecule has 2 N–H and O–H groups in total. The van der Waals surface area contributed by atoms with Crippen molar-refractivity contribution >= 4 is 40.0 Å². The van der Waals surface area contributed by atoms with E-state index in [2.05, 4.69) is 33.8 Å². The monoisotopic (exact) mass is 482 g/mol. The Balaban J connectivity index is 0.00000576. The highest BCUT2D eigenvalue weighted by Gasteiger charge is 2.08. The number of nitrogens with zero attached hydrogens (tertiary/aromatic N) is 2. The molecule has 0 radical (unpaired) electrons. The Morgan fingerprint density at radius 2 is 1.76 bits per heavy atom. The van der Waals surface area contributed by atoms with Gasteiger partial charge in [-0.15, -0.1) is 24.0 Å². The highest BCUT2D eigenvalue weighted by Crippen LogP contribution is 2.09. The van der Waals surface area contributed by atoms with Crippen molar-refractivity contribution in [1.82, 2.24) is 14.9 Å². The third kappa shape index (κ3) is 9.41. The second kappa shape index (κ2) is 12.5. The summed E-state index contributed by atoms with van der Waals surface area (Å²) in [5.74, 6) is 0.892. The molecule has 0 saturated heterocycles. The van der Waals surface area contributed by atoms with Gasteiger partial charge in [0.05, 0.1) is 12.3 Å². The zero-order chi connectivity index (χ0) is 18.0. The molecule has 0 bridgehead atoms. The summed E-state index contributed by atoms with van der Waals surface area (Å²) in [4.78, 5) is 6.80. The van der Waals surface area contributed by atoms with Crippen LogP contribution in [0.2, 0.25) is 0 Å². The third-order valence-corrected chi connectivity index (χ3v) is 4.98. The smallest absolute Gasteiger partial charge is 0.215 e. The van der Waals surface area contributed by atoms with Crippen molar-refractivity contribution in [3.63, 3.8) is 0 Å². The van der Waals surface area contributed by atoms with Crippen LogP contribution in [0.15, 0.2) is 29.3 Å². The van der Waals surface area contributed by atoms with Gasteiger partial charge in [-0.05, 0) is 31.5 Å². The molecule has 0 aliphatic heterocycles. The molecular weight excluding hydrogens is 451 g/mol. The quantitative estimate of drug-likeness (QED) is 0.323. The molecule has 0 atom stereocenters. The maximum atomic E-state index is 11.6. The predicted molar refractivity (Wildman–Crippen MR) is 116 cm³/mol. The molecule has 25 heavy (non-hydrogen) atoms. The van der Waals surface area contributed by atoms with Crippen molar-refractivity contribution in [1.29, 1.82) is 0 Å². The Morgan fingerprint density at radius 3 is 2.28 bits per heavy atom. The molecule has 1 aromatic rings. The standard InChI is InChI=1S/C17H30N4O2S.HI/c1-5-7-12-21(4)17(19-6-2)20-13-15-8-10-16(11-9-15)14-24(22,23)18-3;/h8-11,18H,5-7,12-14H2,1-4H3,(H,19,20);1H. The van der Waals surface area contributed by atoms with Crippen LogP contribution in [-0.4, -0.2) is 46.5 Å². The number of guanidine groups is 1. The number of nitrogens with one attached hydrogen (secondary N) is 2. The zero-order valence-electron chi connectivity index (χ0n) is 15.6. The Morgan fingerprint density at radius 1 is 1.16 bits per heavy atom. The lowest BCUT2D eigenvalue weighted by Gasteiger charge is -2.21. The molecule has 0 heterocycles. The van der Waals surface area contributed by atoms with Gasteiger partial charge in [-0.2, -0.15) is 0 Å². The first kappa shape index (κ1) is 24.1. The van der Waals surface area contributed by atoms with Crippen molar-refractivity contribution < 1.29 is 8.42 Å². The van der Waals surface area contributed by atoms with Crippen LogP contribution in [0.4, 0.5) is 0 Å². The summed E-state index contributed by atoms with van der Waals surface area (Å²) in [7, 11) is 0.238. The Hall–Kier alpha value is -0.870. The number of benzene rings is 1. The highest BCUT2D eigenvalue weighted by molar-refractivity contribution is 14.0. The Kier molecular flexibility index (Phi) is 12.0. The summed E-state index contributed by atoms with van der Waals surface area (Å²) in [5, 5.41) is 3.30. The first-order valence-electron chi connectivity index (χ1n) is 8.40. The molecule has 144 valence electrons. The van der Waals surface area contributed by atoms with Gasteiger partial charge in [-0.1, -0.05) is 37.6 Å². The molecule has 0 spiro atoms. The molecule has 1 rings (SSSR count). The fraction of sp³-hybridized carbons (Fsp3) is 0.588. The average Bonchev–Trinajstić information content (AvgIpc) is 2.57. The van der Waals surface area contributed by atoms with Crippen LogP contribution in [0.1, 0.15) is 37.8 Å². The molecule has 0 fully saturated rings. The number of rotatable bonds is 9. The van der Waals surface area contributed by atoms with Gasteiger partial charge >= 0.3 is 0 Å². The SMILES string of the molecule is CCCCN(C)C(=NCc1ccc(CS(=O)(=O)NC)cc1)NCC.I. The fourth-order valence-corrected chi connectivity index (χ4v) is 2.95. The van der Waals surface area contributed by atoms with Crippen LogP contribution in [0.5, 0.6) is 0 Å². The van der Waals surface area contributed by atoms with E-state index in [0.29, 0.717) is 6.54 Å². The van der Waals surface area contributed by atoms with Gasteiger partial charge in [0.1, 0.15) is 0 Å². The topological polar surface area (TPSA) is 73.8 Å². The van der Waals surface area contributed by atoms with Gasteiger partial charge in [0.2, 0.25) is 10.0 Å². The summed E-state index contributed by atoms with van der Waals surface area (Å²) in [6.07, 6.45) is 2.29. The first-order chi connectivity index (χ1) is 11.4. The van der Waals surface area contributed by atoms with Crippen LogP contribution < -0.4 is 10.0 Å². The van der Waals surface area contributed by atoms with Crippen LogP contribution in [-0.2, 0) is 22.3 Å². The third-order valence-electron chi connectivity index (χ3n) is 3.65. The molecule has 1 aromatic carbocycles. The number of aliphatic imine (C=N–C) groups is 1. The molecule has 6 nitrogen and oxygen atoms in total. The molecule has 8 heteroatoms. The van der Waals surface area contributed by atoms with Gasteiger partial charge < -0.3 is 10.2 Å². The minimum absolute atomic E-state index is 0. The van der Waals surface area contributed by atoms with E-state index in [1.807, 2.05) is 31.3 Å². The molecule has 0 unspecified atom stereocenters. The molecule has 0 aliphatic rings. The molecule has 0 aliphatic carbocycles. The van der Waals surface area contributed by atoms with Gasteiger partial charge in [0.15, 0.2) is 5.96 Å². The lowest BCUT2D eigenvalue weighted by molar-refractivity contribution is 0.465. The van der Waals surface area contributed by atoms with E-state index in [1.165, 1.54) is 7.05 Å². The molecule has 0 saturated carbocycles. The van der Waals surface area contributed by atoms with Crippen LogP contribution in [0.25, 0.3) is 0 Å². The maximum absolute atomic E-state index is 11.6. The Bertz CT molecular complexity index is 618. The summed E-state index contributed by atoms with van der Waals surface area (Å²) in [6.45, 7) is 6.60. The van der Waals surface area contributed by atoms with E-state index in [1.54, 1.807) is 0 Å². The van der Waals surface area contributed by atoms with E-state index in [0.717, 1.165) is 43.0 Å². The van der Waals surface area contributed by atoms with Gasteiger partial charge in [0, 0.05) is 20.1 Å². The number of unbranched alkanes of at least 4 members (excludes halogenated alkanes) is 1. The lowest BCUT2D eigenvalue weighted by Crippen LogP contribution is -2.39. The van der Waals surface area contributed by atoms with Gasteiger partial charge in [-0.3, -0.25) is 0 Å². The van der Waals surface area contributed by atoms with E-state index in [4.69, 9.17) is 0 Å². The number of hydrogen-bond donors (Lipinski definition) is 2. The van der Waals surface area contributed by atoms with E-state index in [9.17, 15) is 8.42 Å². The predicted octanol–water partition coefficient (Wildman–Crippen LogP) is 2.55. The van der Waals surface area contributed by atoms with Crippen LogP contribution in [0, 0.1) is 0 Å². The van der Waals surface area contributed by atoms with Crippen molar-refractivity contribution in [2.24, 2.45) is 4.99 Å². The normalized spacial score (nSPS) is 11.8. The number of sulfonamides is 1. The van der Waals surface area contributed by atoms with Gasteiger partial charge in [-0.25, -0.2) is 18.1 Å². The summed E-state index contributed by atoms with van der Waals surface area (Å²) < 4.78 is 25.4. The summed E-state index contributed by atoms with van der Waals surface area (Å²) in [6, 6.07) is 7.54. The highest BCUT2D eigenvalue weighted by atomic mass is 127. The van der Waals surface area contributed by atoms with E-state index in [-0.39, 0.29) is 29.7 Å². The first-order valence-corrected chi connectivity index (χ1v) is 10.1. The number of hydrogen-bond acceptors (Lipinski definition) is 3. The molecular formula is C17H31IN4O2S. The minimum atomic E-state index is -3.23. The summed E-state index contributed by atoms with van der Waals surface area (Å²) >= 11 is 0. The zero-order valence-corrected chi connectivity index (χ0v) is 18.7. The average molecular weight is 482 g/mol. The van der Waals surface area contributed by atoms with Crippen LogP contribution >= 0.6 is 24.0 Å². The second-order valence-corrected chi connectivity index (χ2v) is 7.65. The van der Waals surface area contributed by atoms with Crippen molar-refractivity contribution in [2.45, 2.75) is 39.0 Å². The Labute approximate surface area is 169 Å². The molecule has 0 aromatic heterocycles. The van der Waals surface area contributed by atoms with Crippen molar-refractivity contribution in [3.05, 3.63) is 35.4 Å². The molecule has 0 amide bonds.